The van der Waals surface area contributed by atoms with Gasteiger partial charge in [-0.05, 0) is 65.6 Å². The maximum absolute atomic E-state index is 6.13. The van der Waals surface area contributed by atoms with E-state index in [4.69, 9.17) is 4.74 Å². The highest BCUT2D eigenvalue weighted by Crippen LogP contribution is 2.47. The predicted octanol–water partition coefficient (Wildman–Crippen LogP) is 7.80. The standard InChI is InChI=1S/C31H25NO/c1-2-8-23(9-3-1)22-24-14-18-26(19-15-24)33-27-20-16-25(17-21-27)32-30-12-6-4-10-28(30)29-11-5-7-13-31(29)32/h1-21,28,30H,22H2. The summed E-state index contributed by atoms with van der Waals surface area (Å²) in [6.45, 7) is 0. The van der Waals surface area contributed by atoms with Crippen LogP contribution in [0.25, 0.3) is 0 Å². The van der Waals surface area contributed by atoms with Crippen molar-refractivity contribution in [3.63, 3.8) is 0 Å². The number of allylic oxidation sites excluding steroid dienone is 2. The lowest BCUT2D eigenvalue weighted by atomic mass is 9.91. The molecular weight excluding hydrogens is 402 g/mol. The summed E-state index contributed by atoms with van der Waals surface area (Å²) in [7, 11) is 0. The summed E-state index contributed by atoms with van der Waals surface area (Å²) in [5, 5.41) is 0. The fourth-order valence-electron chi connectivity index (χ4n) is 4.91. The summed E-state index contributed by atoms with van der Waals surface area (Å²) in [5.74, 6) is 2.10. The summed E-state index contributed by atoms with van der Waals surface area (Å²) in [5.41, 5.74) is 6.45. The molecule has 2 heteroatoms. The minimum atomic E-state index is 0.316. The van der Waals surface area contributed by atoms with E-state index in [9.17, 15) is 0 Å². The summed E-state index contributed by atoms with van der Waals surface area (Å²) < 4.78 is 6.13. The van der Waals surface area contributed by atoms with E-state index in [1.54, 1.807) is 0 Å². The Morgan fingerprint density at radius 1 is 0.606 bits per heavy atom. The zero-order chi connectivity index (χ0) is 22.0. The van der Waals surface area contributed by atoms with Crippen LogP contribution >= 0.6 is 0 Å². The molecule has 1 aliphatic carbocycles. The molecule has 160 valence electrons. The number of ether oxygens (including phenoxy) is 1. The molecule has 2 nitrogen and oxygen atoms in total. The largest absolute Gasteiger partial charge is 0.457 e. The van der Waals surface area contributed by atoms with E-state index in [1.165, 1.54) is 28.1 Å². The van der Waals surface area contributed by atoms with Crippen molar-refractivity contribution in [3.05, 3.63) is 144 Å². The maximum Gasteiger partial charge on any atom is 0.127 e. The summed E-state index contributed by atoms with van der Waals surface area (Å²) in [6, 6.07) is 36.4. The molecule has 0 bridgehead atoms. The van der Waals surface area contributed by atoms with Crippen molar-refractivity contribution < 1.29 is 4.74 Å². The number of nitrogens with zero attached hydrogens (tertiary/aromatic N) is 1. The van der Waals surface area contributed by atoms with E-state index in [-0.39, 0.29) is 0 Å². The van der Waals surface area contributed by atoms with Crippen LogP contribution in [0.4, 0.5) is 11.4 Å². The number of fused-ring (bicyclic) bond motifs is 3. The molecule has 2 aliphatic rings. The molecule has 0 saturated carbocycles. The Bertz CT molecular complexity index is 1300. The average molecular weight is 428 g/mol. The minimum absolute atomic E-state index is 0.316. The Morgan fingerprint density at radius 3 is 2.03 bits per heavy atom. The van der Waals surface area contributed by atoms with Crippen LogP contribution in [0, 0.1) is 0 Å². The third kappa shape index (κ3) is 3.85. The van der Waals surface area contributed by atoms with Gasteiger partial charge in [0.1, 0.15) is 11.5 Å². The number of para-hydroxylation sites is 1. The Balaban J connectivity index is 1.19. The highest BCUT2D eigenvalue weighted by atomic mass is 16.5. The average Bonchev–Trinajstić information content (AvgIpc) is 3.21. The first kappa shape index (κ1) is 19.6. The van der Waals surface area contributed by atoms with Crippen LogP contribution in [-0.4, -0.2) is 6.04 Å². The van der Waals surface area contributed by atoms with Crippen LogP contribution in [0.5, 0.6) is 11.5 Å². The van der Waals surface area contributed by atoms with Gasteiger partial charge >= 0.3 is 0 Å². The first-order valence-electron chi connectivity index (χ1n) is 11.5. The first-order chi connectivity index (χ1) is 16.3. The third-order valence-electron chi connectivity index (χ3n) is 6.48. The first-order valence-corrected chi connectivity index (χ1v) is 11.5. The highest BCUT2D eigenvalue weighted by Gasteiger charge is 2.36. The lowest BCUT2D eigenvalue weighted by Crippen LogP contribution is -2.28. The van der Waals surface area contributed by atoms with E-state index in [1.807, 2.05) is 12.1 Å². The Labute approximate surface area is 195 Å². The van der Waals surface area contributed by atoms with Crippen molar-refractivity contribution in [1.82, 2.24) is 0 Å². The van der Waals surface area contributed by atoms with Crippen molar-refractivity contribution in [2.75, 3.05) is 4.90 Å². The summed E-state index contributed by atoms with van der Waals surface area (Å²) in [6.07, 6.45) is 9.84. The van der Waals surface area contributed by atoms with Gasteiger partial charge in [0, 0.05) is 17.3 Å². The van der Waals surface area contributed by atoms with Crippen LogP contribution in [-0.2, 0) is 6.42 Å². The maximum atomic E-state index is 6.13. The molecule has 0 N–H and O–H groups in total. The molecule has 1 heterocycles. The smallest absolute Gasteiger partial charge is 0.127 e. The van der Waals surface area contributed by atoms with Gasteiger partial charge in [0.25, 0.3) is 0 Å². The summed E-state index contributed by atoms with van der Waals surface area (Å²) >= 11 is 0. The van der Waals surface area contributed by atoms with E-state index in [2.05, 4.69) is 120 Å². The fraction of sp³-hybridized carbons (Fsp3) is 0.0968. The van der Waals surface area contributed by atoms with Crippen molar-refractivity contribution in [3.8, 4) is 11.5 Å². The molecule has 6 rings (SSSR count). The molecule has 0 saturated heterocycles. The quantitative estimate of drug-likeness (QED) is 0.322. The normalized spacial score (nSPS) is 18.1. The zero-order valence-corrected chi connectivity index (χ0v) is 18.3. The molecule has 2 unspecified atom stereocenters. The molecule has 1 aliphatic heterocycles. The van der Waals surface area contributed by atoms with Gasteiger partial charge in [-0.1, -0.05) is 85.0 Å². The second-order valence-corrected chi connectivity index (χ2v) is 8.62. The predicted molar refractivity (Wildman–Crippen MR) is 136 cm³/mol. The lowest BCUT2D eigenvalue weighted by molar-refractivity contribution is 0.482. The van der Waals surface area contributed by atoms with Gasteiger partial charge in [-0.25, -0.2) is 0 Å². The van der Waals surface area contributed by atoms with E-state index in [0.717, 1.165) is 17.9 Å². The van der Waals surface area contributed by atoms with Crippen molar-refractivity contribution in [1.29, 1.82) is 0 Å². The second-order valence-electron chi connectivity index (χ2n) is 8.62. The summed E-state index contributed by atoms with van der Waals surface area (Å²) in [4.78, 5) is 2.43. The fourth-order valence-corrected chi connectivity index (χ4v) is 4.91. The van der Waals surface area contributed by atoms with Gasteiger partial charge in [-0.15, -0.1) is 0 Å². The van der Waals surface area contributed by atoms with Gasteiger partial charge in [0.05, 0.1) is 6.04 Å². The van der Waals surface area contributed by atoms with Crippen molar-refractivity contribution in [2.24, 2.45) is 0 Å². The third-order valence-corrected chi connectivity index (χ3v) is 6.48. The Hall–Kier alpha value is -4.04. The molecule has 0 aromatic heterocycles. The monoisotopic (exact) mass is 427 g/mol. The molecule has 0 amide bonds. The van der Waals surface area contributed by atoms with Crippen LogP contribution in [0.1, 0.15) is 22.6 Å². The van der Waals surface area contributed by atoms with Crippen LogP contribution in [0.3, 0.4) is 0 Å². The van der Waals surface area contributed by atoms with E-state index < -0.39 is 0 Å². The van der Waals surface area contributed by atoms with E-state index >= 15 is 0 Å². The van der Waals surface area contributed by atoms with Gasteiger partial charge < -0.3 is 9.64 Å². The highest BCUT2D eigenvalue weighted by molar-refractivity contribution is 5.75. The molecule has 4 aromatic rings. The number of rotatable bonds is 5. The van der Waals surface area contributed by atoms with Crippen molar-refractivity contribution in [2.45, 2.75) is 18.4 Å². The van der Waals surface area contributed by atoms with Crippen LogP contribution in [0.15, 0.2) is 127 Å². The minimum Gasteiger partial charge on any atom is -0.457 e. The zero-order valence-electron chi connectivity index (χ0n) is 18.3. The van der Waals surface area contributed by atoms with Gasteiger partial charge in [0.2, 0.25) is 0 Å². The van der Waals surface area contributed by atoms with Gasteiger partial charge in [-0.2, -0.15) is 0 Å². The number of hydrogen-bond acceptors (Lipinski definition) is 2. The van der Waals surface area contributed by atoms with Crippen molar-refractivity contribution >= 4 is 11.4 Å². The molecule has 0 spiro atoms. The van der Waals surface area contributed by atoms with Crippen LogP contribution < -0.4 is 9.64 Å². The molecule has 0 fully saturated rings. The molecule has 2 atom stereocenters. The molecule has 0 radical (unpaired) electrons. The number of benzene rings is 4. The Kier molecular flexibility index (Phi) is 5.04. The second kappa shape index (κ2) is 8.48. The van der Waals surface area contributed by atoms with Gasteiger partial charge in [-0.3, -0.25) is 0 Å². The lowest BCUT2D eigenvalue weighted by Gasteiger charge is -2.28. The molecule has 4 aromatic carbocycles. The molecule has 33 heavy (non-hydrogen) atoms. The topological polar surface area (TPSA) is 12.5 Å². The Morgan fingerprint density at radius 2 is 1.24 bits per heavy atom. The number of anilines is 2. The number of hydrogen-bond donors (Lipinski definition) is 0. The van der Waals surface area contributed by atoms with Crippen LogP contribution in [0.2, 0.25) is 0 Å². The van der Waals surface area contributed by atoms with Gasteiger partial charge in [0.15, 0.2) is 0 Å². The SMILES string of the molecule is C1=CC2c3ccccc3N(c3ccc(Oc4ccc(Cc5ccccc5)cc4)cc3)C2C=C1. The molecular formula is C31H25NO. The van der Waals surface area contributed by atoms with E-state index in [0.29, 0.717) is 12.0 Å².